The zero-order valence-electron chi connectivity index (χ0n) is 17.2. The first-order chi connectivity index (χ1) is 12.7. The molecule has 0 spiro atoms. The molecule has 0 atom stereocenters. The Morgan fingerprint density at radius 2 is 1.85 bits per heavy atom. The fourth-order valence-corrected chi connectivity index (χ4v) is 4.42. The lowest BCUT2D eigenvalue weighted by atomic mass is 9.89. The van der Waals surface area contributed by atoms with Gasteiger partial charge in [0, 0.05) is 32.9 Å². The van der Waals surface area contributed by atoms with Crippen molar-refractivity contribution in [3.63, 3.8) is 0 Å². The van der Waals surface area contributed by atoms with Crippen LogP contribution in [0.3, 0.4) is 0 Å². The predicted octanol–water partition coefficient (Wildman–Crippen LogP) is 2.98. The van der Waals surface area contributed by atoms with E-state index in [-0.39, 0.29) is 11.2 Å². The average Bonchev–Trinajstić information content (AvgIpc) is 2.62. The first-order valence-corrected chi connectivity index (χ1v) is 11.9. The van der Waals surface area contributed by atoms with E-state index >= 15 is 0 Å². The fourth-order valence-electron chi connectivity index (χ4n) is 3.50. The summed E-state index contributed by atoms with van der Waals surface area (Å²) in [7, 11) is -1.10. The third-order valence-corrected chi connectivity index (χ3v) is 6.31. The van der Waals surface area contributed by atoms with E-state index in [0.29, 0.717) is 6.42 Å². The van der Waals surface area contributed by atoms with Crippen LogP contribution in [0.15, 0.2) is 35.3 Å². The molecule has 1 aromatic rings. The molecular formula is C21H35N3O2S. The first-order valence-electron chi connectivity index (χ1n) is 9.86. The lowest BCUT2D eigenvalue weighted by Crippen LogP contribution is -2.48. The van der Waals surface area contributed by atoms with Crippen molar-refractivity contribution in [3.8, 4) is 0 Å². The molecule has 0 unspecified atom stereocenters. The van der Waals surface area contributed by atoms with E-state index in [1.165, 1.54) is 24.7 Å². The van der Waals surface area contributed by atoms with Crippen LogP contribution >= 0.6 is 0 Å². The molecule has 2 rings (SSSR count). The second kappa shape index (κ2) is 9.58. The minimum atomic E-state index is -2.92. The van der Waals surface area contributed by atoms with E-state index in [4.69, 9.17) is 0 Å². The van der Waals surface area contributed by atoms with Crippen molar-refractivity contribution >= 4 is 15.8 Å². The van der Waals surface area contributed by atoms with Crippen LogP contribution in [-0.2, 0) is 16.3 Å². The minimum absolute atomic E-state index is 0.0926. The predicted molar refractivity (Wildman–Crippen MR) is 114 cm³/mol. The number of nitrogens with zero attached hydrogens (tertiary/aromatic N) is 2. The highest BCUT2D eigenvalue weighted by Gasteiger charge is 2.24. The lowest BCUT2D eigenvalue weighted by molar-refractivity contribution is 0.254. The van der Waals surface area contributed by atoms with E-state index in [1.807, 2.05) is 7.05 Å². The summed E-state index contributed by atoms with van der Waals surface area (Å²) in [4.78, 5) is 6.77. The zero-order valence-corrected chi connectivity index (χ0v) is 18.1. The number of benzene rings is 1. The molecule has 0 aliphatic carbocycles. The molecule has 1 N–H and O–H groups in total. The van der Waals surface area contributed by atoms with Crippen LogP contribution < -0.4 is 5.32 Å². The molecule has 152 valence electrons. The summed E-state index contributed by atoms with van der Waals surface area (Å²) in [5.74, 6) is 1.89. The Morgan fingerprint density at radius 3 is 2.41 bits per heavy atom. The maximum absolute atomic E-state index is 11.4. The van der Waals surface area contributed by atoms with Gasteiger partial charge < -0.3 is 10.2 Å². The van der Waals surface area contributed by atoms with Gasteiger partial charge in [-0.15, -0.1) is 0 Å². The van der Waals surface area contributed by atoms with Crippen molar-refractivity contribution in [1.82, 2.24) is 10.2 Å². The quantitative estimate of drug-likeness (QED) is 0.571. The molecule has 1 fully saturated rings. The van der Waals surface area contributed by atoms with E-state index in [1.54, 1.807) is 0 Å². The van der Waals surface area contributed by atoms with Gasteiger partial charge in [0.15, 0.2) is 5.96 Å². The van der Waals surface area contributed by atoms with Gasteiger partial charge in [0.2, 0.25) is 0 Å². The summed E-state index contributed by atoms with van der Waals surface area (Å²) in [6.07, 6.45) is 5.45. The summed E-state index contributed by atoms with van der Waals surface area (Å²) in [5.41, 5.74) is 1.33. The third-order valence-electron chi connectivity index (χ3n) is 5.37. The van der Waals surface area contributed by atoms with Crippen molar-refractivity contribution in [2.45, 2.75) is 39.5 Å². The summed E-state index contributed by atoms with van der Waals surface area (Å²) in [6.45, 7) is 6.95. The Morgan fingerprint density at radius 1 is 1.22 bits per heavy atom. The maximum Gasteiger partial charge on any atom is 0.193 e. The van der Waals surface area contributed by atoms with Crippen LogP contribution in [0.1, 0.15) is 38.7 Å². The fraction of sp³-hybridized carbons (Fsp3) is 0.667. The van der Waals surface area contributed by atoms with Crippen LogP contribution in [0.5, 0.6) is 0 Å². The van der Waals surface area contributed by atoms with Gasteiger partial charge >= 0.3 is 0 Å². The smallest absolute Gasteiger partial charge is 0.193 e. The standard InChI is InChI=1S/C21H35N3O2S/c1-21(2,12-15-27(4,25)26)17-23-20(22-3)24-13-10-19(11-14-24)16-18-8-6-5-7-9-18/h5-9,19H,10-17H2,1-4H3,(H,22,23). The minimum Gasteiger partial charge on any atom is -0.356 e. The number of piperidine rings is 1. The van der Waals surface area contributed by atoms with Gasteiger partial charge in [0.05, 0.1) is 5.75 Å². The maximum atomic E-state index is 11.4. The van der Waals surface area contributed by atoms with Gasteiger partial charge in [-0.2, -0.15) is 0 Å². The van der Waals surface area contributed by atoms with E-state index in [9.17, 15) is 8.42 Å². The molecule has 1 aliphatic rings. The number of rotatable bonds is 7. The lowest BCUT2D eigenvalue weighted by Gasteiger charge is -2.35. The molecule has 0 bridgehead atoms. The Hall–Kier alpha value is -1.56. The highest BCUT2D eigenvalue weighted by molar-refractivity contribution is 7.90. The van der Waals surface area contributed by atoms with Gasteiger partial charge in [-0.3, -0.25) is 4.99 Å². The highest BCUT2D eigenvalue weighted by Crippen LogP contribution is 2.23. The zero-order chi connectivity index (χ0) is 19.9. The Labute approximate surface area is 165 Å². The van der Waals surface area contributed by atoms with E-state index < -0.39 is 9.84 Å². The van der Waals surface area contributed by atoms with Gasteiger partial charge in [0.25, 0.3) is 0 Å². The SMILES string of the molecule is CN=C(NCC(C)(C)CCS(C)(=O)=O)N1CCC(Cc2ccccc2)CC1. The molecule has 0 radical (unpaired) electrons. The summed E-state index contributed by atoms with van der Waals surface area (Å²) >= 11 is 0. The van der Waals surface area contributed by atoms with Gasteiger partial charge in [-0.1, -0.05) is 44.2 Å². The molecule has 0 aromatic heterocycles. The van der Waals surface area contributed by atoms with Crippen molar-refractivity contribution in [2.75, 3.05) is 38.7 Å². The van der Waals surface area contributed by atoms with Crippen LogP contribution in [0.4, 0.5) is 0 Å². The number of nitrogens with one attached hydrogen (secondary N) is 1. The number of likely N-dealkylation sites (tertiary alicyclic amines) is 1. The van der Waals surface area contributed by atoms with Crippen molar-refractivity contribution in [2.24, 2.45) is 16.3 Å². The van der Waals surface area contributed by atoms with E-state index in [0.717, 1.165) is 37.9 Å². The monoisotopic (exact) mass is 393 g/mol. The van der Waals surface area contributed by atoms with Crippen LogP contribution in [0.25, 0.3) is 0 Å². The normalized spacial score (nSPS) is 17.2. The Kier molecular flexibility index (Phi) is 7.71. The molecule has 0 amide bonds. The second-order valence-corrected chi connectivity index (χ2v) is 10.8. The van der Waals surface area contributed by atoms with Crippen LogP contribution in [0, 0.1) is 11.3 Å². The van der Waals surface area contributed by atoms with Crippen molar-refractivity contribution in [1.29, 1.82) is 0 Å². The Balaban J connectivity index is 1.79. The highest BCUT2D eigenvalue weighted by atomic mass is 32.2. The van der Waals surface area contributed by atoms with E-state index in [2.05, 4.69) is 59.4 Å². The molecule has 5 nitrogen and oxygen atoms in total. The second-order valence-electron chi connectivity index (χ2n) is 8.57. The van der Waals surface area contributed by atoms with Crippen molar-refractivity contribution < 1.29 is 8.42 Å². The number of hydrogen-bond acceptors (Lipinski definition) is 3. The third kappa shape index (κ3) is 7.91. The molecule has 1 aliphatic heterocycles. The number of sulfone groups is 1. The molecule has 27 heavy (non-hydrogen) atoms. The summed E-state index contributed by atoms with van der Waals surface area (Å²) < 4.78 is 22.9. The Bertz CT molecular complexity index is 706. The average molecular weight is 394 g/mol. The summed E-state index contributed by atoms with van der Waals surface area (Å²) in [6, 6.07) is 10.7. The molecule has 0 saturated carbocycles. The topological polar surface area (TPSA) is 61.8 Å². The molecule has 1 heterocycles. The molecular weight excluding hydrogens is 358 g/mol. The van der Waals surface area contributed by atoms with Crippen LogP contribution in [-0.4, -0.2) is 58.0 Å². The molecule has 1 aromatic carbocycles. The first kappa shape index (κ1) is 21.7. The van der Waals surface area contributed by atoms with Crippen molar-refractivity contribution in [3.05, 3.63) is 35.9 Å². The molecule has 6 heteroatoms. The number of guanidine groups is 1. The van der Waals surface area contributed by atoms with Crippen LogP contribution in [0.2, 0.25) is 0 Å². The largest absolute Gasteiger partial charge is 0.356 e. The van der Waals surface area contributed by atoms with Gasteiger partial charge in [-0.25, -0.2) is 8.42 Å². The number of aliphatic imine (C=N–C) groups is 1. The number of hydrogen-bond donors (Lipinski definition) is 1. The van der Waals surface area contributed by atoms with Gasteiger partial charge in [-0.05, 0) is 42.6 Å². The molecule has 1 saturated heterocycles. The summed E-state index contributed by atoms with van der Waals surface area (Å²) in [5, 5.41) is 3.46. The van der Waals surface area contributed by atoms with Gasteiger partial charge in [0.1, 0.15) is 9.84 Å².